The Morgan fingerprint density at radius 3 is 2.22 bits per heavy atom. The van der Waals surface area contributed by atoms with Gasteiger partial charge in [-0.15, -0.1) is 5.06 Å². The predicted octanol–water partition coefficient (Wildman–Crippen LogP) is 2.65. The molecule has 1 aliphatic heterocycles. The topological polar surface area (TPSA) is 75.7 Å². The highest BCUT2D eigenvalue weighted by atomic mass is 16.7. The third-order valence-electron chi connectivity index (χ3n) is 3.38. The molecule has 0 radical (unpaired) electrons. The van der Waals surface area contributed by atoms with Crippen molar-refractivity contribution >= 4 is 29.2 Å². The Hall–Kier alpha value is -3.15. The highest BCUT2D eigenvalue weighted by Gasteiger charge is 2.33. The molecule has 2 aromatic carbocycles. The number of rotatable bonds is 4. The Morgan fingerprint density at radius 2 is 1.52 bits per heavy atom. The van der Waals surface area contributed by atoms with E-state index in [-0.39, 0.29) is 18.4 Å². The average Bonchev–Trinajstić information content (AvgIpc) is 2.88. The number of benzene rings is 2. The van der Waals surface area contributed by atoms with Crippen LogP contribution < -0.4 is 5.32 Å². The molecular weight excluding hydrogens is 296 g/mol. The summed E-state index contributed by atoms with van der Waals surface area (Å²) in [5, 5.41) is 3.65. The Balaban J connectivity index is 1.81. The summed E-state index contributed by atoms with van der Waals surface area (Å²) in [6.07, 6.45) is 0.131. The lowest BCUT2D eigenvalue weighted by atomic mass is 10.1. The van der Waals surface area contributed by atoms with Crippen LogP contribution in [0.4, 0.5) is 11.4 Å². The standard InChI is InChI=1S/C17H14N2O4/c20-15-10-11-16(21)19(15)23-17(22)13-8-4-5-9-14(13)18-12-6-2-1-3-7-12/h1-9,18H,10-11H2. The minimum Gasteiger partial charge on any atom is -0.355 e. The van der Waals surface area contributed by atoms with Crippen molar-refractivity contribution in [3.05, 3.63) is 60.2 Å². The van der Waals surface area contributed by atoms with Gasteiger partial charge in [0.2, 0.25) is 0 Å². The summed E-state index contributed by atoms with van der Waals surface area (Å²) in [5.41, 5.74) is 1.58. The zero-order valence-electron chi connectivity index (χ0n) is 12.2. The number of hydroxylamine groups is 2. The number of nitrogens with zero attached hydrogens (tertiary/aromatic N) is 1. The number of nitrogens with one attached hydrogen (secondary N) is 1. The molecule has 0 aliphatic carbocycles. The molecule has 3 rings (SSSR count). The molecule has 2 amide bonds. The number of carbonyl (C=O) groups excluding carboxylic acids is 3. The van der Waals surface area contributed by atoms with Gasteiger partial charge in [0.15, 0.2) is 0 Å². The number of imide groups is 1. The smallest absolute Gasteiger partial charge is 0.355 e. The fourth-order valence-corrected chi connectivity index (χ4v) is 2.24. The van der Waals surface area contributed by atoms with Gasteiger partial charge in [0.25, 0.3) is 11.8 Å². The first-order valence-electron chi connectivity index (χ1n) is 7.14. The minimum absolute atomic E-state index is 0.0655. The zero-order valence-corrected chi connectivity index (χ0v) is 12.2. The van der Waals surface area contributed by atoms with Crippen LogP contribution in [0, 0.1) is 0 Å². The van der Waals surface area contributed by atoms with Crippen LogP contribution >= 0.6 is 0 Å². The van der Waals surface area contributed by atoms with Gasteiger partial charge >= 0.3 is 5.97 Å². The van der Waals surface area contributed by atoms with Gasteiger partial charge in [-0.25, -0.2) is 4.79 Å². The maximum Gasteiger partial charge on any atom is 0.366 e. The molecule has 1 N–H and O–H groups in total. The number of hydrogen-bond donors (Lipinski definition) is 1. The van der Waals surface area contributed by atoms with Crippen LogP contribution in [0.2, 0.25) is 0 Å². The van der Waals surface area contributed by atoms with E-state index in [2.05, 4.69) is 5.32 Å². The normalized spacial score (nSPS) is 14.0. The monoisotopic (exact) mass is 310 g/mol. The van der Waals surface area contributed by atoms with Crippen LogP contribution in [0.5, 0.6) is 0 Å². The summed E-state index contributed by atoms with van der Waals surface area (Å²) < 4.78 is 0. The fourth-order valence-electron chi connectivity index (χ4n) is 2.24. The maximum absolute atomic E-state index is 12.3. The van der Waals surface area contributed by atoms with Gasteiger partial charge in [-0.2, -0.15) is 0 Å². The molecule has 0 saturated carbocycles. The van der Waals surface area contributed by atoms with E-state index < -0.39 is 17.8 Å². The number of anilines is 2. The molecule has 116 valence electrons. The summed E-state index contributed by atoms with van der Waals surface area (Å²) >= 11 is 0. The van der Waals surface area contributed by atoms with Crippen LogP contribution in [0.1, 0.15) is 23.2 Å². The molecule has 0 spiro atoms. The Labute approximate surface area is 132 Å². The highest BCUT2D eigenvalue weighted by Crippen LogP contribution is 2.22. The first-order valence-corrected chi connectivity index (χ1v) is 7.14. The first-order chi connectivity index (χ1) is 11.1. The van der Waals surface area contributed by atoms with Gasteiger partial charge in [-0.1, -0.05) is 30.3 Å². The molecule has 1 saturated heterocycles. The van der Waals surface area contributed by atoms with Crippen LogP contribution in [0.3, 0.4) is 0 Å². The molecule has 23 heavy (non-hydrogen) atoms. The van der Waals surface area contributed by atoms with Crippen LogP contribution in [-0.2, 0) is 14.4 Å². The maximum atomic E-state index is 12.3. The third-order valence-corrected chi connectivity index (χ3v) is 3.38. The Bertz CT molecular complexity index is 742. The van der Waals surface area contributed by atoms with Gasteiger partial charge < -0.3 is 10.2 Å². The van der Waals surface area contributed by atoms with Crippen LogP contribution in [-0.4, -0.2) is 22.8 Å². The second kappa shape index (κ2) is 6.31. The van der Waals surface area contributed by atoms with E-state index in [4.69, 9.17) is 4.84 Å². The summed E-state index contributed by atoms with van der Waals surface area (Å²) in [7, 11) is 0. The van der Waals surface area contributed by atoms with Crippen molar-refractivity contribution < 1.29 is 19.2 Å². The number of para-hydroxylation sites is 2. The van der Waals surface area contributed by atoms with Gasteiger partial charge in [0, 0.05) is 18.5 Å². The highest BCUT2D eigenvalue weighted by molar-refractivity contribution is 6.03. The van der Waals surface area contributed by atoms with E-state index in [1.54, 1.807) is 24.3 Å². The minimum atomic E-state index is -0.757. The van der Waals surface area contributed by atoms with Crippen molar-refractivity contribution in [3.63, 3.8) is 0 Å². The van der Waals surface area contributed by atoms with E-state index in [9.17, 15) is 14.4 Å². The van der Waals surface area contributed by atoms with Crippen LogP contribution in [0.25, 0.3) is 0 Å². The summed E-state index contributed by atoms with van der Waals surface area (Å²) in [4.78, 5) is 40.3. The van der Waals surface area contributed by atoms with Crippen molar-refractivity contribution in [2.45, 2.75) is 12.8 Å². The molecule has 0 aromatic heterocycles. The number of hydrogen-bond acceptors (Lipinski definition) is 5. The molecule has 6 nitrogen and oxygen atoms in total. The molecule has 0 atom stereocenters. The van der Waals surface area contributed by atoms with Gasteiger partial charge in [-0.3, -0.25) is 9.59 Å². The first kappa shape index (κ1) is 14.8. The zero-order chi connectivity index (χ0) is 16.2. The lowest BCUT2D eigenvalue weighted by Crippen LogP contribution is -2.32. The van der Waals surface area contributed by atoms with E-state index in [0.29, 0.717) is 10.8 Å². The largest absolute Gasteiger partial charge is 0.366 e. The lowest BCUT2D eigenvalue weighted by Gasteiger charge is -2.15. The molecule has 0 unspecified atom stereocenters. The molecule has 1 fully saturated rings. The van der Waals surface area contributed by atoms with Crippen molar-refractivity contribution in [1.82, 2.24) is 5.06 Å². The lowest BCUT2D eigenvalue weighted by molar-refractivity contribution is -0.172. The Morgan fingerprint density at radius 1 is 0.913 bits per heavy atom. The van der Waals surface area contributed by atoms with E-state index in [1.807, 2.05) is 30.3 Å². The van der Waals surface area contributed by atoms with Crippen molar-refractivity contribution in [1.29, 1.82) is 0 Å². The van der Waals surface area contributed by atoms with Crippen molar-refractivity contribution in [2.75, 3.05) is 5.32 Å². The van der Waals surface area contributed by atoms with Crippen LogP contribution in [0.15, 0.2) is 54.6 Å². The number of amides is 2. The second-order valence-corrected chi connectivity index (χ2v) is 5.00. The number of carbonyl (C=O) groups is 3. The van der Waals surface area contributed by atoms with Crippen molar-refractivity contribution in [2.24, 2.45) is 0 Å². The SMILES string of the molecule is O=C(ON1C(=O)CCC1=O)c1ccccc1Nc1ccccc1. The molecule has 1 heterocycles. The fraction of sp³-hybridized carbons (Fsp3) is 0.118. The Kier molecular flexibility index (Phi) is 4.05. The molecule has 2 aromatic rings. The summed E-state index contributed by atoms with van der Waals surface area (Å²) in [6, 6.07) is 16.1. The quantitative estimate of drug-likeness (QED) is 0.879. The van der Waals surface area contributed by atoms with Gasteiger partial charge in [-0.05, 0) is 24.3 Å². The molecular formula is C17H14N2O4. The summed E-state index contributed by atoms with van der Waals surface area (Å²) in [6.45, 7) is 0. The van der Waals surface area contributed by atoms with E-state index in [0.717, 1.165) is 5.69 Å². The van der Waals surface area contributed by atoms with Gasteiger partial charge in [0.1, 0.15) is 0 Å². The molecule has 6 heteroatoms. The average molecular weight is 310 g/mol. The van der Waals surface area contributed by atoms with Gasteiger partial charge in [0.05, 0.1) is 11.3 Å². The molecule has 0 bridgehead atoms. The predicted molar refractivity (Wildman–Crippen MR) is 82.7 cm³/mol. The van der Waals surface area contributed by atoms with E-state index in [1.165, 1.54) is 0 Å². The third kappa shape index (κ3) is 3.21. The van der Waals surface area contributed by atoms with Crippen molar-refractivity contribution in [3.8, 4) is 0 Å². The molecule has 1 aliphatic rings. The summed E-state index contributed by atoms with van der Waals surface area (Å²) in [5.74, 6) is -1.76. The second-order valence-electron chi connectivity index (χ2n) is 5.00. The van der Waals surface area contributed by atoms with E-state index >= 15 is 0 Å².